The maximum atomic E-state index is 12.2. The Morgan fingerprint density at radius 3 is 2.47 bits per heavy atom. The van der Waals surface area contributed by atoms with Gasteiger partial charge in [-0.3, -0.25) is 9.59 Å². The van der Waals surface area contributed by atoms with E-state index in [4.69, 9.17) is 5.73 Å². The van der Waals surface area contributed by atoms with Gasteiger partial charge in [0.05, 0.1) is 0 Å². The quantitative estimate of drug-likeness (QED) is 0.826. The van der Waals surface area contributed by atoms with E-state index in [1.807, 2.05) is 6.92 Å². The summed E-state index contributed by atoms with van der Waals surface area (Å²) in [6.45, 7) is 4.94. The van der Waals surface area contributed by atoms with E-state index in [1.165, 1.54) is 12.8 Å². The predicted octanol–water partition coefficient (Wildman–Crippen LogP) is 1.93. The molecule has 0 aromatic heterocycles. The molecular weight excluding hydrogens is 240 g/mol. The lowest BCUT2D eigenvalue weighted by atomic mass is 9.84. The fourth-order valence-electron chi connectivity index (χ4n) is 3.46. The molecule has 0 bridgehead atoms. The highest BCUT2D eigenvalue weighted by Gasteiger charge is 2.36. The normalized spacial score (nSPS) is 27.8. The first-order valence-corrected chi connectivity index (χ1v) is 7.63. The summed E-state index contributed by atoms with van der Waals surface area (Å²) in [6.07, 6.45) is 5.90. The van der Waals surface area contributed by atoms with E-state index in [0.29, 0.717) is 25.3 Å². The lowest BCUT2D eigenvalue weighted by molar-refractivity contribution is -0.139. The summed E-state index contributed by atoms with van der Waals surface area (Å²) in [5.41, 5.74) is 5.41. The number of rotatable bonds is 5. The van der Waals surface area contributed by atoms with Crippen LogP contribution in [0.25, 0.3) is 0 Å². The van der Waals surface area contributed by atoms with Crippen molar-refractivity contribution in [1.82, 2.24) is 4.90 Å². The van der Waals surface area contributed by atoms with Gasteiger partial charge in [-0.25, -0.2) is 0 Å². The lowest BCUT2D eigenvalue weighted by Crippen LogP contribution is -2.47. The van der Waals surface area contributed by atoms with Crippen LogP contribution in [0.3, 0.4) is 0 Å². The van der Waals surface area contributed by atoms with Crippen LogP contribution in [0.5, 0.6) is 0 Å². The molecule has 3 unspecified atom stereocenters. The molecule has 1 heterocycles. The summed E-state index contributed by atoms with van der Waals surface area (Å²) in [7, 11) is 0. The zero-order valence-electron chi connectivity index (χ0n) is 12.1. The van der Waals surface area contributed by atoms with Crippen LogP contribution in [-0.2, 0) is 9.59 Å². The topological polar surface area (TPSA) is 63.4 Å². The molecular formula is C15H26N2O2. The predicted molar refractivity (Wildman–Crippen MR) is 74.2 cm³/mol. The molecule has 108 valence electrons. The van der Waals surface area contributed by atoms with Crippen LogP contribution in [0.1, 0.15) is 52.4 Å². The maximum absolute atomic E-state index is 12.2. The largest absolute Gasteiger partial charge is 0.368 e. The molecule has 0 spiro atoms. The zero-order valence-corrected chi connectivity index (χ0v) is 12.1. The average Bonchev–Trinajstić information content (AvgIpc) is 3.19. The van der Waals surface area contributed by atoms with Crippen LogP contribution in [0, 0.1) is 17.8 Å². The second-order valence-corrected chi connectivity index (χ2v) is 6.20. The fourth-order valence-corrected chi connectivity index (χ4v) is 3.46. The van der Waals surface area contributed by atoms with Crippen LogP contribution in [0.2, 0.25) is 0 Å². The van der Waals surface area contributed by atoms with Gasteiger partial charge in [0.25, 0.3) is 0 Å². The summed E-state index contributed by atoms with van der Waals surface area (Å²) < 4.78 is 0. The van der Waals surface area contributed by atoms with Crippen molar-refractivity contribution in [1.29, 1.82) is 0 Å². The Kier molecular flexibility index (Phi) is 4.48. The Morgan fingerprint density at radius 2 is 1.95 bits per heavy atom. The van der Waals surface area contributed by atoms with Gasteiger partial charge in [-0.05, 0) is 49.9 Å². The molecule has 2 amide bonds. The van der Waals surface area contributed by atoms with Gasteiger partial charge in [-0.15, -0.1) is 0 Å². The van der Waals surface area contributed by atoms with E-state index in [2.05, 4.69) is 6.92 Å². The minimum Gasteiger partial charge on any atom is -0.368 e. The highest BCUT2D eigenvalue weighted by molar-refractivity contribution is 5.86. The van der Waals surface area contributed by atoms with Crippen molar-refractivity contribution in [3.05, 3.63) is 0 Å². The van der Waals surface area contributed by atoms with Gasteiger partial charge in [0.2, 0.25) is 11.8 Å². The maximum Gasteiger partial charge on any atom is 0.240 e. The van der Waals surface area contributed by atoms with Gasteiger partial charge in [0.1, 0.15) is 6.04 Å². The molecule has 1 saturated heterocycles. The third-order valence-corrected chi connectivity index (χ3v) is 4.99. The van der Waals surface area contributed by atoms with E-state index in [0.717, 1.165) is 24.7 Å². The molecule has 19 heavy (non-hydrogen) atoms. The second-order valence-electron chi connectivity index (χ2n) is 6.20. The second kappa shape index (κ2) is 5.93. The zero-order chi connectivity index (χ0) is 14.0. The minimum atomic E-state index is -0.414. The van der Waals surface area contributed by atoms with Crippen molar-refractivity contribution in [3.63, 3.8) is 0 Å². The molecule has 2 N–H and O–H groups in total. The molecule has 0 aromatic rings. The Balaban J connectivity index is 2.00. The first-order valence-electron chi connectivity index (χ1n) is 7.63. The summed E-state index contributed by atoms with van der Waals surface area (Å²) in [5.74, 6) is 1.97. The van der Waals surface area contributed by atoms with E-state index in [9.17, 15) is 9.59 Å². The summed E-state index contributed by atoms with van der Waals surface area (Å²) >= 11 is 0. The van der Waals surface area contributed by atoms with E-state index in [1.54, 1.807) is 4.90 Å². The van der Waals surface area contributed by atoms with Gasteiger partial charge >= 0.3 is 0 Å². The van der Waals surface area contributed by atoms with Crippen molar-refractivity contribution in [2.45, 2.75) is 58.4 Å². The highest BCUT2D eigenvalue weighted by atomic mass is 16.2. The van der Waals surface area contributed by atoms with Crippen molar-refractivity contribution >= 4 is 11.8 Å². The number of carbonyl (C=O) groups excluding carboxylic acids is 2. The molecule has 4 heteroatoms. The Hall–Kier alpha value is -1.06. The van der Waals surface area contributed by atoms with Crippen molar-refractivity contribution < 1.29 is 9.59 Å². The molecule has 3 atom stereocenters. The highest BCUT2D eigenvalue weighted by Crippen LogP contribution is 2.43. The van der Waals surface area contributed by atoms with Crippen molar-refractivity contribution in [2.24, 2.45) is 23.5 Å². The van der Waals surface area contributed by atoms with Crippen LogP contribution in [0.15, 0.2) is 0 Å². The third-order valence-electron chi connectivity index (χ3n) is 4.99. The number of hydrogen-bond donors (Lipinski definition) is 1. The van der Waals surface area contributed by atoms with Crippen molar-refractivity contribution in [2.75, 3.05) is 6.54 Å². The van der Waals surface area contributed by atoms with Gasteiger partial charge < -0.3 is 10.6 Å². The number of likely N-dealkylation sites (tertiary alicyclic amines) is 1. The molecule has 2 aliphatic rings. The first kappa shape index (κ1) is 14.4. The smallest absolute Gasteiger partial charge is 0.240 e. The van der Waals surface area contributed by atoms with E-state index in [-0.39, 0.29) is 11.8 Å². The standard InChI is InChI=1S/C15H26N2O2/c1-3-13(15(16)19)17-9-8-12(6-7-14(17)18)10(2)11-4-5-11/h10-13H,3-9H2,1-2H3,(H2,16,19). The van der Waals surface area contributed by atoms with Gasteiger partial charge in [0.15, 0.2) is 0 Å². The molecule has 2 rings (SSSR count). The Morgan fingerprint density at radius 1 is 1.32 bits per heavy atom. The molecule has 1 aliphatic carbocycles. The number of hydrogen-bond acceptors (Lipinski definition) is 2. The minimum absolute atomic E-state index is 0.108. The number of carbonyl (C=O) groups is 2. The number of primary amides is 1. The van der Waals surface area contributed by atoms with Crippen LogP contribution >= 0.6 is 0 Å². The molecule has 0 aromatic carbocycles. The SMILES string of the molecule is CCC(C(N)=O)N1CCC(C(C)C2CC2)CCC1=O. The third kappa shape index (κ3) is 3.28. The molecule has 4 nitrogen and oxygen atoms in total. The number of amides is 2. The Bertz CT molecular complexity index is 352. The van der Waals surface area contributed by atoms with Crippen LogP contribution in [-0.4, -0.2) is 29.3 Å². The first-order chi connectivity index (χ1) is 9.04. The van der Waals surface area contributed by atoms with Gasteiger partial charge in [-0.1, -0.05) is 13.8 Å². The molecule has 2 fully saturated rings. The Labute approximate surface area is 115 Å². The van der Waals surface area contributed by atoms with Gasteiger partial charge in [-0.2, -0.15) is 0 Å². The van der Waals surface area contributed by atoms with Crippen LogP contribution in [0.4, 0.5) is 0 Å². The van der Waals surface area contributed by atoms with E-state index < -0.39 is 6.04 Å². The molecule has 1 saturated carbocycles. The van der Waals surface area contributed by atoms with Crippen molar-refractivity contribution in [3.8, 4) is 0 Å². The lowest BCUT2D eigenvalue weighted by Gasteiger charge is -2.28. The summed E-state index contributed by atoms with van der Waals surface area (Å²) in [4.78, 5) is 25.4. The molecule has 1 aliphatic heterocycles. The van der Waals surface area contributed by atoms with Crippen LogP contribution < -0.4 is 5.73 Å². The number of nitrogens with zero attached hydrogens (tertiary/aromatic N) is 1. The fraction of sp³-hybridized carbons (Fsp3) is 0.867. The summed E-state index contributed by atoms with van der Waals surface area (Å²) in [6, 6.07) is -0.414. The monoisotopic (exact) mass is 266 g/mol. The van der Waals surface area contributed by atoms with Gasteiger partial charge in [0, 0.05) is 13.0 Å². The summed E-state index contributed by atoms with van der Waals surface area (Å²) in [5, 5.41) is 0. The molecule has 0 radical (unpaired) electrons. The average molecular weight is 266 g/mol. The van der Waals surface area contributed by atoms with E-state index >= 15 is 0 Å². The number of nitrogens with two attached hydrogens (primary N) is 1.